The van der Waals surface area contributed by atoms with E-state index in [2.05, 4.69) is 9.97 Å². The topological polar surface area (TPSA) is 52.8 Å². The minimum Gasteiger partial charge on any atom is -0.362 e. The second-order valence-corrected chi connectivity index (χ2v) is 3.77. The summed E-state index contributed by atoms with van der Waals surface area (Å²) in [4.78, 5) is 10.4. The van der Waals surface area contributed by atoms with Crippen LogP contribution in [0.15, 0.2) is 17.4 Å². The molecule has 0 bridgehead atoms. The first kappa shape index (κ1) is 11.5. The summed E-state index contributed by atoms with van der Waals surface area (Å²) >= 11 is 1.49. The maximum absolute atomic E-state index is 8.46. The van der Waals surface area contributed by atoms with Crippen molar-refractivity contribution in [1.29, 1.82) is 5.26 Å². The van der Waals surface area contributed by atoms with Crippen molar-refractivity contribution in [2.24, 2.45) is 0 Å². The van der Waals surface area contributed by atoms with E-state index in [0.29, 0.717) is 0 Å². The molecule has 15 heavy (non-hydrogen) atoms. The average molecular weight is 220 g/mol. The summed E-state index contributed by atoms with van der Waals surface area (Å²) in [6.45, 7) is 0. The normalized spacial score (nSPS) is 10.3. The standard InChI is InChI=1S/C10H12N4S/c1-14(2)9-8(5-4-6-11)7-12-10(13-9)15-3/h4-5,7H,1-3H3/b5-4+. The number of nitriles is 1. The van der Waals surface area contributed by atoms with E-state index in [9.17, 15) is 0 Å². The third kappa shape index (κ3) is 2.96. The van der Waals surface area contributed by atoms with Crippen molar-refractivity contribution < 1.29 is 0 Å². The van der Waals surface area contributed by atoms with Crippen molar-refractivity contribution in [3.8, 4) is 6.07 Å². The molecule has 0 fully saturated rings. The number of nitrogens with zero attached hydrogens (tertiary/aromatic N) is 4. The van der Waals surface area contributed by atoms with Gasteiger partial charge in [0.15, 0.2) is 5.16 Å². The third-order valence-corrected chi connectivity index (χ3v) is 2.28. The Morgan fingerprint density at radius 1 is 1.53 bits per heavy atom. The van der Waals surface area contributed by atoms with Crippen LogP contribution < -0.4 is 4.90 Å². The summed E-state index contributed by atoms with van der Waals surface area (Å²) in [7, 11) is 3.83. The molecule has 0 atom stereocenters. The number of thioether (sulfide) groups is 1. The fraction of sp³-hybridized carbons (Fsp3) is 0.300. The molecule has 0 aliphatic heterocycles. The molecule has 0 aliphatic carbocycles. The van der Waals surface area contributed by atoms with Crippen LogP contribution in [0.1, 0.15) is 5.56 Å². The molecule has 0 spiro atoms. The lowest BCUT2D eigenvalue weighted by Gasteiger charge is -2.14. The number of rotatable bonds is 3. The van der Waals surface area contributed by atoms with Crippen molar-refractivity contribution in [2.45, 2.75) is 5.16 Å². The Balaban J connectivity index is 3.16. The molecule has 0 saturated carbocycles. The molecule has 1 aromatic heterocycles. The van der Waals surface area contributed by atoms with Gasteiger partial charge in [-0.1, -0.05) is 11.8 Å². The molecular formula is C10H12N4S. The molecule has 1 aromatic rings. The van der Waals surface area contributed by atoms with Crippen LogP contribution in [0.2, 0.25) is 0 Å². The average Bonchev–Trinajstić information content (AvgIpc) is 2.26. The summed E-state index contributed by atoms with van der Waals surface area (Å²) in [6, 6.07) is 1.95. The lowest BCUT2D eigenvalue weighted by Crippen LogP contribution is -2.13. The summed E-state index contributed by atoms with van der Waals surface area (Å²) in [6.07, 6.45) is 6.78. The zero-order valence-corrected chi connectivity index (χ0v) is 9.75. The smallest absolute Gasteiger partial charge is 0.189 e. The van der Waals surface area contributed by atoms with Gasteiger partial charge in [0.2, 0.25) is 0 Å². The number of anilines is 1. The predicted molar refractivity (Wildman–Crippen MR) is 62.8 cm³/mol. The van der Waals surface area contributed by atoms with E-state index < -0.39 is 0 Å². The highest BCUT2D eigenvalue weighted by Gasteiger charge is 2.05. The number of allylic oxidation sites excluding steroid dienone is 1. The molecule has 0 N–H and O–H groups in total. The van der Waals surface area contributed by atoms with Crippen LogP contribution >= 0.6 is 11.8 Å². The highest BCUT2D eigenvalue weighted by atomic mass is 32.2. The minimum atomic E-state index is 0.729. The van der Waals surface area contributed by atoms with Gasteiger partial charge in [-0.05, 0) is 12.3 Å². The quantitative estimate of drug-likeness (QED) is 0.441. The van der Waals surface area contributed by atoms with Gasteiger partial charge in [-0.25, -0.2) is 9.97 Å². The fourth-order valence-electron chi connectivity index (χ4n) is 1.07. The van der Waals surface area contributed by atoms with E-state index in [1.165, 1.54) is 17.8 Å². The molecule has 78 valence electrons. The van der Waals surface area contributed by atoms with E-state index in [-0.39, 0.29) is 0 Å². The van der Waals surface area contributed by atoms with Crippen molar-refractivity contribution in [3.05, 3.63) is 17.8 Å². The van der Waals surface area contributed by atoms with Crippen LogP contribution in [0.25, 0.3) is 6.08 Å². The summed E-state index contributed by atoms with van der Waals surface area (Å²) in [5.74, 6) is 0.820. The van der Waals surface area contributed by atoms with Gasteiger partial charge in [0, 0.05) is 31.9 Å². The predicted octanol–water partition coefficient (Wildman–Crippen LogP) is 1.80. The highest BCUT2D eigenvalue weighted by Crippen LogP contribution is 2.19. The Bertz CT molecular complexity index is 406. The Kier molecular flexibility index (Phi) is 4.13. The van der Waals surface area contributed by atoms with Crippen molar-refractivity contribution in [2.75, 3.05) is 25.3 Å². The number of hydrogen-bond acceptors (Lipinski definition) is 5. The second-order valence-electron chi connectivity index (χ2n) is 2.99. The van der Waals surface area contributed by atoms with E-state index in [1.54, 1.807) is 12.3 Å². The largest absolute Gasteiger partial charge is 0.362 e. The Morgan fingerprint density at radius 2 is 2.27 bits per heavy atom. The van der Waals surface area contributed by atoms with Crippen LogP contribution in [0.3, 0.4) is 0 Å². The molecule has 0 radical (unpaired) electrons. The maximum Gasteiger partial charge on any atom is 0.189 e. The zero-order valence-electron chi connectivity index (χ0n) is 8.93. The van der Waals surface area contributed by atoms with Crippen molar-refractivity contribution in [3.63, 3.8) is 0 Å². The third-order valence-electron chi connectivity index (χ3n) is 1.72. The monoisotopic (exact) mass is 220 g/mol. The molecule has 1 rings (SSSR count). The van der Waals surface area contributed by atoms with Gasteiger partial charge < -0.3 is 4.90 Å². The molecular weight excluding hydrogens is 208 g/mol. The van der Waals surface area contributed by atoms with Crippen molar-refractivity contribution >= 4 is 23.7 Å². The summed E-state index contributed by atoms with van der Waals surface area (Å²) in [5.41, 5.74) is 0.847. The first-order chi connectivity index (χ1) is 7.19. The molecule has 4 nitrogen and oxygen atoms in total. The number of hydrogen-bond donors (Lipinski definition) is 0. The van der Waals surface area contributed by atoms with E-state index in [1.807, 2.05) is 31.3 Å². The van der Waals surface area contributed by atoms with Gasteiger partial charge in [-0.2, -0.15) is 5.26 Å². The van der Waals surface area contributed by atoms with E-state index in [0.717, 1.165) is 16.5 Å². The van der Waals surface area contributed by atoms with Crippen molar-refractivity contribution in [1.82, 2.24) is 9.97 Å². The lowest BCUT2D eigenvalue weighted by atomic mass is 10.3. The first-order valence-corrected chi connectivity index (χ1v) is 5.56. The van der Waals surface area contributed by atoms with Crippen LogP contribution in [0.4, 0.5) is 5.82 Å². The van der Waals surface area contributed by atoms with Crippen LogP contribution in [0.5, 0.6) is 0 Å². The van der Waals surface area contributed by atoms with Gasteiger partial charge in [0.05, 0.1) is 6.07 Å². The SMILES string of the molecule is CSc1ncc(/C=C/C#N)c(N(C)C)n1. The second kappa shape index (κ2) is 5.37. The Morgan fingerprint density at radius 3 is 2.80 bits per heavy atom. The van der Waals surface area contributed by atoms with E-state index in [4.69, 9.17) is 5.26 Å². The molecule has 0 amide bonds. The van der Waals surface area contributed by atoms with Crippen LogP contribution in [-0.4, -0.2) is 30.3 Å². The van der Waals surface area contributed by atoms with Gasteiger partial charge in [-0.3, -0.25) is 0 Å². The van der Waals surface area contributed by atoms with Gasteiger partial charge >= 0.3 is 0 Å². The van der Waals surface area contributed by atoms with Crippen LogP contribution in [-0.2, 0) is 0 Å². The van der Waals surface area contributed by atoms with Gasteiger partial charge in [0.25, 0.3) is 0 Å². The Labute approximate surface area is 93.6 Å². The van der Waals surface area contributed by atoms with Gasteiger partial charge in [0.1, 0.15) is 5.82 Å². The maximum atomic E-state index is 8.46. The summed E-state index contributed by atoms with van der Waals surface area (Å²) in [5, 5.41) is 9.19. The highest BCUT2D eigenvalue weighted by molar-refractivity contribution is 7.98. The summed E-state index contributed by atoms with van der Waals surface area (Å²) < 4.78 is 0. The molecule has 0 unspecified atom stereocenters. The molecule has 5 heteroatoms. The lowest BCUT2D eigenvalue weighted by molar-refractivity contribution is 0.926. The molecule has 0 saturated heterocycles. The molecule has 0 aromatic carbocycles. The molecule has 1 heterocycles. The van der Waals surface area contributed by atoms with E-state index >= 15 is 0 Å². The Hall–Kier alpha value is -1.54. The van der Waals surface area contributed by atoms with Gasteiger partial charge in [-0.15, -0.1) is 0 Å². The zero-order chi connectivity index (χ0) is 11.3. The first-order valence-electron chi connectivity index (χ1n) is 4.33. The number of aromatic nitrogens is 2. The van der Waals surface area contributed by atoms with Crippen LogP contribution in [0, 0.1) is 11.3 Å². The minimum absolute atomic E-state index is 0.729. The fourth-order valence-corrected chi connectivity index (χ4v) is 1.40. The molecule has 0 aliphatic rings.